The zero-order valence-corrected chi connectivity index (χ0v) is 40.7. The minimum Gasteiger partial charge on any atom is -0.497 e. The van der Waals surface area contributed by atoms with Gasteiger partial charge in [0.05, 0.1) is 18.5 Å². The third-order valence-electron chi connectivity index (χ3n) is 13.1. The molecule has 69 heavy (non-hydrogen) atoms. The lowest BCUT2D eigenvalue weighted by Crippen LogP contribution is -2.13. The van der Waals surface area contributed by atoms with Gasteiger partial charge in [0.1, 0.15) is 5.75 Å². The van der Waals surface area contributed by atoms with Crippen LogP contribution in [0.1, 0.15) is 63.9 Å². The van der Waals surface area contributed by atoms with Crippen molar-refractivity contribution >= 4 is 58.4 Å². The van der Waals surface area contributed by atoms with Crippen molar-refractivity contribution in [3.8, 4) is 28.0 Å². The van der Waals surface area contributed by atoms with Crippen molar-refractivity contribution in [2.24, 2.45) is 0 Å². The molecule has 0 aromatic heterocycles. The summed E-state index contributed by atoms with van der Waals surface area (Å²) in [5, 5.41) is 0. The molecule has 0 aliphatic rings. The lowest BCUT2D eigenvalue weighted by molar-refractivity contribution is 0.415. The predicted molar refractivity (Wildman–Crippen MR) is 297 cm³/mol. The Bertz CT molecular complexity index is 3180. The minimum absolute atomic E-state index is 0.858. The summed E-state index contributed by atoms with van der Waals surface area (Å²) in [6.45, 7) is 11.0. The maximum atomic E-state index is 5.33. The summed E-state index contributed by atoms with van der Waals surface area (Å²) in [5.74, 6) is 0.858. The van der Waals surface area contributed by atoms with Crippen LogP contribution in [-0.4, -0.2) is 7.11 Å². The van der Waals surface area contributed by atoms with Gasteiger partial charge in [0.2, 0.25) is 0 Å². The van der Waals surface area contributed by atoms with Crippen LogP contribution < -0.4 is 14.5 Å². The molecule has 9 rings (SSSR count). The van der Waals surface area contributed by atoms with Crippen LogP contribution in [0.25, 0.3) is 46.6 Å². The molecule has 0 aliphatic carbocycles. The van der Waals surface area contributed by atoms with E-state index in [4.69, 9.17) is 4.74 Å². The number of nitrogens with zero attached hydrogens (tertiary/aromatic N) is 2. The van der Waals surface area contributed by atoms with Gasteiger partial charge in [0.25, 0.3) is 0 Å². The molecule has 0 saturated heterocycles. The van der Waals surface area contributed by atoms with Crippen LogP contribution in [0, 0.1) is 20.8 Å². The van der Waals surface area contributed by atoms with Crippen molar-refractivity contribution in [2.45, 2.75) is 47.5 Å². The van der Waals surface area contributed by atoms with E-state index in [1.54, 1.807) is 7.11 Å². The third-order valence-corrected chi connectivity index (χ3v) is 13.1. The molecule has 0 heterocycles. The van der Waals surface area contributed by atoms with Gasteiger partial charge in [-0.1, -0.05) is 189 Å². The molecule has 0 bridgehead atoms. The number of ether oxygens (including phenoxy) is 1. The first-order valence-electron chi connectivity index (χ1n) is 24.1. The molecule has 0 unspecified atom stereocenters. The molecule has 0 atom stereocenters. The fourth-order valence-electron chi connectivity index (χ4n) is 9.17. The highest BCUT2D eigenvalue weighted by molar-refractivity contribution is 5.85. The first-order chi connectivity index (χ1) is 33.8. The van der Waals surface area contributed by atoms with Gasteiger partial charge >= 0.3 is 0 Å². The van der Waals surface area contributed by atoms with E-state index in [2.05, 4.69) is 263 Å². The number of anilines is 6. The summed E-state index contributed by atoms with van der Waals surface area (Å²) >= 11 is 0. The molecule has 0 fully saturated rings. The van der Waals surface area contributed by atoms with E-state index in [1.165, 1.54) is 72.6 Å². The van der Waals surface area contributed by atoms with Gasteiger partial charge in [-0.2, -0.15) is 0 Å². The van der Waals surface area contributed by atoms with Crippen LogP contribution in [0.15, 0.2) is 206 Å². The van der Waals surface area contributed by atoms with E-state index in [0.29, 0.717) is 0 Å². The Labute approximate surface area is 410 Å². The largest absolute Gasteiger partial charge is 0.497 e. The Morgan fingerprint density at radius 2 is 0.638 bits per heavy atom. The smallest absolute Gasteiger partial charge is 0.118 e. The SMILES string of the molecule is CCc1cccc(C)c1N(c1ccc(/C=C/c2ccc(C)cc2)cc1)c1ccc(-c2ccc(-c3ccc(N(c4ccc(/C=C/c5ccc(OC)cc5)cc4)c4c(C)cccc4CC)cc3)cc2)cc1. The molecule has 0 spiro atoms. The number of aryl methyl sites for hydroxylation is 5. The topological polar surface area (TPSA) is 15.7 Å². The molecule has 3 heteroatoms. The number of methoxy groups -OCH3 is 1. The fourth-order valence-corrected chi connectivity index (χ4v) is 9.17. The average molecular weight is 897 g/mol. The third kappa shape index (κ3) is 10.5. The molecule has 0 radical (unpaired) electrons. The molecule has 0 saturated carbocycles. The Morgan fingerprint density at radius 3 is 0.957 bits per heavy atom. The van der Waals surface area contributed by atoms with Crippen molar-refractivity contribution in [3.05, 3.63) is 256 Å². The second-order valence-corrected chi connectivity index (χ2v) is 17.7. The summed E-state index contributed by atoms with van der Waals surface area (Å²) < 4.78 is 5.33. The molecule has 0 aliphatic heterocycles. The van der Waals surface area contributed by atoms with Crippen molar-refractivity contribution in [3.63, 3.8) is 0 Å². The minimum atomic E-state index is 0.858. The highest BCUT2D eigenvalue weighted by atomic mass is 16.5. The van der Waals surface area contributed by atoms with Crippen LogP contribution >= 0.6 is 0 Å². The lowest BCUT2D eigenvalue weighted by atomic mass is 9.98. The summed E-state index contributed by atoms with van der Waals surface area (Å²) in [5.41, 5.74) is 22.8. The number of para-hydroxylation sites is 2. The van der Waals surface area contributed by atoms with Gasteiger partial charge in [-0.3, -0.25) is 0 Å². The summed E-state index contributed by atoms with van der Waals surface area (Å²) in [4.78, 5) is 4.82. The maximum Gasteiger partial charge on any atom is 0.118 e. The zero-order valence-electron chi connectivity index (χ0n) is 40.7. The van der Waals surface area contributed by atoms with Crippen LogP contribution in [-0.2, 0) is 12.8 Å². The molecule has 9 aromatic carbocycles. The highest BCUT2D eigenvalue weighted by Crippen LogP contribution is 2.42. The van der Waals surface area contributed by atoms with E-state index >= 15 is 0 Å². The molecular formula is C66H60N2O. The fraction of sp³-hybridized carbons (Fsp3) is 0.121. The quantitative estimate of drug-likeness (QED) is 0.0954. The molecule has 340 valence electrons. The van der Waals surface area contributed by atoms with E-state index in [1.807, 2.05) is 12.1 Å². The monoisotopic (exact) mass is 896 g/mol. The predicted octanol–water partition coefficient (Wildman–Crippen LogP) is 18.4. The Kier molecular flexibility index (Phi) is 14.1. The standard InChI is InChI=1S/C66H60N2O/c1-7-54-13-9-11-48(4)65(54)67(60-37-23-51(24-38-60)20-19-50-17-15-47(3)16-18-50)62-41-33-58(34-42-62)56-29-31-57(32-30-56)59-35-43-63(44-36-59)68(66-49(5)12-10-14-55(66)8-2)61-39-25-52(26-40-61)21-22-53-27-45-64(69-6)46-28-53/h9-46H,7-8H2,1-6H3/b20-19+,22-21+. The first kappa shape index (κ1) is 46.0. The average Bonchev–Trinajstić information content (AvgIpc) is 3.40. The van der Waals surface area contributed by atoms with Gasteiger partial charge in [0, 0.05) is 22.7 Å². The summed E-state index contributed by atoms with van der Waals surface area (Å²) in [6, 6.07) is 74.8. The molecule has 0 amide bonds. The number of hydrogen-bond acceptors (Lipinski definition) is 3. The zero-order chi connectivity index (χ0) is 47.7. The second kappa shape index (κ2) is 21.2. The number of benzene rings is 9. The molecule has 3 nitrogen and oxygen atoms in total. The van der Waals surface area contributed by atoms with Crippen molar-refractivity contribution < 1.29 is 4.74 Å². The van der Waals surface area contributed by atoms with Crippen LogP contribution in [0.2, 0.25) is 0 Å². The van der Waals surface area contributed by atoms with E-state index in [-0.39, 0.29) is 0 Å². The summed E-state index contributed by atoms with van der Waals surface area (Å²) in [6.07, 6.45) is 10.6. The van der Waals surface area contributed by atoms with Crippen LogP contribution in [0.5, 0.6) is 5.75 Å². The van der Waals surface area contributed by atoms with Gasteiger partial charge in [-0.05, 0) is 161 Å². The normalized spacial score (nSPS) is 11.3. The molecular weight excluding hydrogens is 837 g/mol. The van der Waals surface area contributed by atoms with E-state index in [0.717, 1.165) is 52.5 Å². The second-order valence-electron chi connectivity index (χ2n) is 17.7. The van der Waals surface area contributed by atoms with Gasteiger partial charge in [-0.15, -0.1) is 0 Å². The van der Waals surface area contributed by atoms with Crippen molar-refractivity contribution in [2.75, 3.05) is 16.9 Å². The molecule has 0 N–H and O–H groups in total. The molecule has 9 aromatic rings. The van der Waals surface area contributed by atoms with Gasteiger partial charge < -0.3 is 14.5 Å². The van der Waals surface area contributed by atoms with Crippen LogP contribution in [0.4, 0.5) is 34.1 Å². The van der Waals surface area contributed by atoms with E-state index in [9.17, 15) is 0 Å². The lowest BCUT2D eigenvalue weighted by Gasteiger charge is -2.29. The van der Waals surface area contributed by atoms with Crippen molar-refractivity contribution in [1.82, 2.24) is 0 Å². The Hall–Kier alpha value is -8.14. The van der Waals surface area contributed by atoms with Crippen molar-refractivity contribution in [1.29, 1.82) is 0 Å². The summed E-state index contributed by atoms with van der Waals surface area (Å²) in [7, 11) is 1.69. The van der Waals surface area contributed by atoms with Gasteiger partial charge in [0.15, 0.2) is 0 Å². The number of rotatable bonds is 15. The van der Waals surface area contributed by atoms with E-state index < -0.39 is 0 Å². The maximum absolute atomic E-state index is 5.33. The Balaban J connectivity index is 0.956. The Morgan fingerprint density at radius 1 is 0.348 bits per heavy atom. The number of hydrogen-bond donors (Lipinski definition) is 0. The highest BCUT2D eigenvalue weighted by Gasteiger charge is 2.20. The van der Waals surface area contributed by atoms with Gasteiger partial charge in [-0.25, -0.2) is 0 Å². The van der Waals surface area contributed by atoms with Crippen LogP contribution in [0.3, 0.4) is 0 Å². The first-order valence-corrected chi connectivity index (χ1v) is 24.1.